The van der Waals surface area contributed by atoms with Gasteiger partial charge >= 0.3 is 0 Å². The third-order valence-corrected chi connectivity index (χ3v) is 5.88. The molecule has 4 nitrogen and oxygen atoms in total. The quantitative estimate of drug-likeness (QED) is 0.614. The topological polar surface area (TPSA) is 38.1 Å². The first kappa shape index (κ1) is 17.9. The van der Waals surface area contributed by atoms with E-state index in [1.54, 1.807) is 4.90 Å². The summed E-state index contributed by atoms with van der Waals surface area (Å²) in [6.07, 6.45) is 4.47. The molecular formula is C22H23N3OS. The second kappa shape index (κ2) is 8.01. The molecule has 3 aromatic rings. The molecule has 0 spiro atoms. The van der Waals surface area contributed by atoms with Crippen LogP contribution < -0.4 is 4.90 Å². The summed E-state index contributed by atoms with van der Waals surface area (Å²) >= 11 is 1.53. The predicted octanol–water partition coefficient (Wildman–Crippen LogP) is 4.51. The molecule has 0 saturated heterocycles. The highest BCUT2D eigenvalue weighted by atomic mass is 32.2. The number of aryl methyl sites for hydroxylation is 1. The van der Waals surface area contributed by atoms with Gasteiger partial charge in [0, 0.05) is 24.1 Å². The van der Waals surface area contributed by atoms with Crippen LogP contribution in [0, 0.1) is 0 Å². The fourth-order valence-corrected chi connectivity index (χ4v) is 4.44. The fraction of sp³-hybridized carbons (Fsp3) is 0.273. The van der Waals surface area contributed by atoms with Crippen molar-refractivity contribution in [2.24, 2.45) is 0 Å². The molecular weight excluding hydrogens is 354 g/mol. The lowest BCUT2D eigenvalue weighted by Crippen LogP contribution is -2.27. The zero-order valence-electron chi connectivity index (χ0n) is 15.5. The van der Waals surface area contributed by atoms with Gasteiger partial charge in [0.05, 0.1) is 11.4 Å². The van der Waals surface area contributed by atoms with Crippen molar-refractivity contribution >= 4 is 23.4 Å². The summed E-state index contributed by atoms with van der Waals surface area (Å²) < 4.78 is 2.24. The third-order valence-electron chi connectivity index (χ3n) is 4.96. The van der Waals surface area contributed by atoms with Crippen LogP contribution in [0.4, 0.5) is 5.69 Å². The summed E-state index contributed by atoms with van der Waals surface area (Å²) in [5.74, 6) is 0.445. The molecule has 1 aliphatic rings. The van der Waals surface area contributed by atoms with Gasteiger partial charge in [-0.3, -0.25) is 9.36 Å². The van der Waals surface area contributed by atoms with Crippen LogP contribution in [0.25, 0.3) is 5.69 Å². The monoisotopic (exact) mass is 377 g/mol. The van der Waals surface area contributed by atoms with E-state index < -0.39 is 0 Å². The Hall–Kier alpha value is -2.53. The standard InChI is InChI=1S/C22H23N3OS/c1-24(17-10-4-2-5-11-17)21(26)16-27-22-23-19-14-8-9-15-20(19)25(22)18-12-6-3-7-13-18/h2-7,10-13H,8-9,14-16H2,1H3. The molecule has 4 rings (SSSR count). The summed E-state index contributed by atoms with van der Waals surface area (Å²) in [5, 5.41) is 0.919. The van der Waals surface area contributed by atoms with Gasteiger partial charge in [0.25, 0.3) is 0 Å². The molecule has 0 atom stereocenters. The van der Waals surface area contributed by atoms with Crippen LogP contribution in [0.3, 0.4) is 0 Å². The van der Waals surface area contributed by atoms with Crippen LogP contribution in [0.15, 0.2) is 65.8 Å². The SMILES string of the molecule is CN(C(=O)CSc1nc2c(n1-c1ccccc1)CCCC2)c1ccccc1. The number of para-hydroxylation sites is 2. The van der Waals surface area contributed by atoms with Gasteiger partial charge in [-0.25, -0.2) is 4.98 Å². The first-order valence-electron chi connectivity index (χ1n) is 9.34. The van der Waals surface area contributed by atoms with Crippen LogP contribution in [0.2, 0.25) is 0 Å². The van der Waals surface area contributed by atoms with Gasteiger partial charge in [0.1, 0.15) is 0 Å². The van der Waals surface area contributed by atoms with E-state index in [-0.39, 0.29) is 5.91 Å². The maximum Gasteiger partial charge on any atom is 0.237 e. The summed E-state index contributed by atoms with van der Waals surface area (Å²) in [4.78, 5) is 19.3. The Kier molecular flexibility index (Phi) is 5.30. The summed E-state index contributed by atoms with van der Waals surface area (Å²) in [6.45, 7) is 0. The number of amides is 1. The zero-order chi connectivity index (χ0) is 18.6. The maximum absolute atomic E-state index is 12.7. The molecule has 27 heavy (non-hydrogen) atoms. The van der Waals surface area contributed by atoms with Crippen molar-refractivity contribution in [2.45, 2.75) is 30.8 Å². The summed E-state index contributed by atoms with van der Waals surface area (Å²) in [7, 11) is 1.83. The highest BCUT2D eigenvalue weighted by molar-refractivity contribution is 7.99. The van der Waals surface area contributed by atoms with E-state index in [1.165, 1.54) is 36.0 Å². The molecule has 0 bridgehead atoms. The Morgan fingerprint density at radius 3 is 2.44 bits per heavy atom. The van der Waals surface area contributed by atoms with E-state index in [9.17, 15) is 4.79 Å². The van der Waals surface area contributed by atoms with Crippen molar-refractivity contribution in [3.05, 3.63) is 72.1 Å². The molecule has 0 saturated carbocycles. The average molecular weight is 378 g/mol. The van der Waals surface area contributed by atoms with Crippen molar-refractivity contribution in [1.82, 2.24) is 9.55 Å². The number of imidazole rings is 1. The van der Waals surface area contributed by atoms with Crippen LogP contribution in [0.5, 0.6) is 0 Å². The van der Waals surface area contributed by atoms with E-state index in [2.05, 4.69) is 16.7 Å². The minimum atomic E-state index is 0.0757. The molecule has 1 aliphatic carbocycles. The lowest BCUT2D eigenvalue weighted by atomic mass is 10.0. The number of carbonyl (C=O) groups is 1. The van der Waals surface area contributed by atoms with Crippen LogP contribution in [-0.2, 0) is 17.6 Å². The molecule has 5 heteroatoms. The van der Waals surface area contributed by atoms with Crippen molar-refractivity contribution in [3.63, 3.8) is 0 Å². The van der Waals surface area contributed by atoms with Crippen molar-refractivity contribution in [2.75, 3.05) is 17.7 Å². The Labute approximate surface area is 164 Å². The predicted molar refractivity (Wildman–Crippen MR) is 111 cm³/mol. The maximum atomic E-state index is 12.7. The van der Waals surface area contributed by atoms with Gasteiger partial charge in [-0.2, -0.15) is 0 Å². The fourth-order valence-electron chi connectivity index (χ4n) is 3.47. The average Bonchev–Trinajstić information content (AvgIpc) is 3.11. The molecule has 138 valence electrons. The number of nitrogens with zero attached hydrogens (tertiary/aromatic N) is 3. The van der Waals surface area contributed by atoms with Gasteiger partial charge in [-0.15, -0.1) is 0 Å². The molecule has 0 N–H and O–H groups in total. The Morgan fingerprint density at radius 2 is 1.70 bits per heavy atom. The second-order valence-electron chi connectivity index (χ2n) is 6.74. The van der Waals surface area contributed by atoms with Crippen molar-refractivity contribution < 1.29 is 4.79 Å². The zero-order valence-corrected chi connectivity index (χ0v) is 16.3. The number of aromatic nitrogens is 2. The van der Waals surface area contributed by atoms with Gasteiger partial charge in [-0.1, -0.05) is 48.2 Å². The molecule has 1 amide bonds. The normalized spacial score (nSPS) is 13.2. The lowest BCUT2D eigenvalue weighted by Gasteiger charge is -2.17. The summed E-state index contributed by atoms with van der Waals surface area (Å²) in [5.41, 5.74) is 4.53. The molecule has 1 aromatic heterocycles. The van der Waals surface area contributed by atoms with Crippen molar-refractivity contribution in [3.8, 4) is 5.69 Å². The first-order valence-corrected chi connectivity index (χ1v) is 10.3. The van der Waals surface area contributed by atoms with E-state index in [0.29, 0.717) is 5.75 Å². The molecule has 0 radical (unpaired) electrons. The second-order valence-corrected chi connectivity index (χ2v) is 7.69. The largest absolute Gasteiger partial charge is 0.315 e. The number of rotatable bonds is 5. The number of hydrogen-bond donors (Lipinski definition) is 0. The smallest absolute Gasteiger partial charge is 0.237 e. The number of hydrogen-bond acceptors (Lipinski definition) is 3. The molecule has 0 aliphatic heterocycles. The minimum Gasteiger partial charge on any atom is -0.315 e. The molecule has 2 aromatic carbocycles. The first-order chi connectivity index (χ1) is 13.2. The van der Waals surface area contributed by atoms with Crippen LogP contribution in [-0.4, -0.2) is 28.3 Å². The van der Waals surface area contributed by atoms with Gasteiger partial charge in [0.2, 0.25) is 5.91 Å². The Morgan fingerprint density at radius 1 is 1.04 bits per heavy atom. The minimum absolute atomic E-state index is 0.0757. The Balaban J connectivity index is 1.57. The van der Waals surface area contributed by atoms with Crippen LogP contribution in [0.1, 0.15) is 24.2 Å². The van der Waals surface area contributed by atoms with E-state index in [1.807, 2.05) is 55.6 Å². The van der Waals surface area contributed by atoms with E-state index in [4.69, 9.17) is 4.98 Å². The van der Waals surface area contributed by atoms with Crippen molar-refractivity contribution in [1.29, 1.82) is 0 Å². The molecule has 0 unspecified atom stereocenters. The highest BCUT2D eigenvalue weighted by Crippen LogP contribution is 2.30. The third kappa shape index (κ3) is 3.78. The lowest BCUT2D eigenvalue weighted by molar-refractivity contribution is -0.115. The number of thioether (sulfide) groups is 1. The highest BCUT2D eigenvalue weighted by Gasteiger charge is 2.22. The number of anilines is 1. The number of fused-ring (bicyclic) bond motifs is 1. The van der Waals surface area contributed by atoms with E-state index in [0.717, 1.165) is 29.4 Å². The molecule has 1 heterocycles. The Bertz CT molecular complexity index is 921. The number of benzene rings is 2. The van der Waals surface area contributed by atoms with Gasteiger partial charge in [-0.05, 0) is 49.9 Å². The number of carbonyl (C=O) groups excluding carboxylic acids is 1. The molecule has 0 fully saturated rings. The van der Waals surface area contributed by atoms with Gasteiger partial charge in [0.15, 0.2) is 5.16 Å². The summed E-state index contributed by atoms with van der Waals surface area (Å²) in [6, 6.07) is 20.1. The van der Waals surface area contributed by atoms with E-state index >= 15 is 0 Å². The van der Waals surface area contributed by atoms with Gasteiger partial charge < -0.3 is 4.90 Å². The van der Waals surface area contributed by atoms with Crippen LogP contribution >= 0.6 is 11.8 Å².